The van der Waals surface area contributed by atoms with Gasteiger partial charge in [-0.05, 0) is 37.1 Å². The number of benzene rings is 1. The number of likely N-dealkylation sites (tertiary alicyclic amines) is 1. The van der Waals surface area contributed by atoms with Gasteiger partial charge in [0.25, 0.3) is 11.8 Å². The van der Waals surface area contributed by atoms with E-state index in [0.29, 0.717) is 15.8 Å². The molecule has 0 spiro atoms. The molecule has 32 heavy (non-hydrogen) atoms. The highest BCUT2D eigenvalue weighted by Gasteiger charge is 2.34. The van der Waals surface area contributed by atoms with Gasteiger partial charge in [0.1, 0.15) is 11.8 Å². The summed E-state index contributed by atoms with van der Waals surface area (Å²) in [5, 5.41) is 2.72. The number of amides is 3. The molecule has 1 aromatic carbocycles. The molecule has 3 amide bonds. The van der Waals surface area contributed by atoms with E-state index >= 15 is 0 Å². The zero-order valence-corrected chi connectivity index (χ0v) is 18.0. The fraction of sp³-hybridized carbons (Fsp3) is 0.429. The molecule has 11 heteroatoms. The Bertz CT molecular complexity index is 912. The lowest BCUT2D eigenvalue weighted by atomic mass is 10.1. The van der Waals surface area contributed by atoms with Crippen molar-refractivity contribution in [1.29, 1.82) is 0 Å². The second kappa shape index (κ2) is 10.2. The van der Waals surface area contributed by atoms with Gasteiger partial charge >= 0.3 is 6.18 Å². The molecule has 0 aliphatic carbocycles. The van der Waals surface area contributed by atoms with Gasteiger partial charge in [-0.2, -0.15) is 18.2 Å². The molecule has 0 aromatic heterocycles. The first-order chi connectivity index (χ1) is 15.2. The number of hydrogen-bond donors (Lipinski definition) is 1. The molecule has 0 saturated carbocycles. The van der Waals surface area contributed by atoms with Gasteiger partial charge in [-0.15, -0.1) is 6.58 Å². The summed E-state index contributed by atoms with van der Waals surface area (Å²) in [7, 11) is 0. The molecule has 3 rings (SSSR count). The number of amidine groups is 1. The monoisotopic (exact) mass is 468 g/mol. The minimum atomic E-state index is -4.53. The number of alkyl halides is 3. The Labute approximate surface area is 187 Å². The van der Waals surface area contributed by atoms with E-state index in [1.807, 2.05) is 4.90 Å². The molecule has 2 aliphatic heterocycles. The van der Waals surface area contributed by atoms with Crippen molar-refractivity contribution in [2.45, 2.75) is 30.7 Å². The first-order valence-electron chi connectivity index (χ1n) is 10.1. The maximum atomic E-state index is 12.7. The minimum Gasteiger partial charge on any atom is -0.351 e. The van der Waals surface area contributed by atoms with Crippen LogP contribution >= 0.6 is 11.8 Å². The van der Waals surface area contributed by atoms with E-state index < -0.39 is 29.8 Å². The van der Waals surface area contributed by atoms with Crippen LogP contribution in [-0.2, 0) is 9.59 Å². The number of thioether (sulfide) groups is 1. The summed E-state index contributed by atoms with van der Waals surface area (Å²) in [6.45, 7) is 3.47. The molecule has 1 aromatic rings. The maximum absolute atomic E-state index is 12.7. The maximum Gasteiger partial charge on any atom is 0.406 e. The number of hydrogen-bond acceptors (Lipinski definition) is 5. The average molecular weight is 469 g/mol. The van der Waals surface area contributed by atoms with Gasteiger partial charge in [-0.25, -0.2) is 0 Å². The molecular formula is C21H23F3N4O3S. The number of carbonyl (C=O) groups excluding carboxylic acids is 3. The zero-order chi connectivity index (χ0) is 23.3. The van der Waals surface area contributed by atoms with Crippen molar-refractivity contribution < 1.29 is 27.6 Å². The molecule has 1 atom stereocenters. The van der Waals surface area contributed by atoms with E-state index in [-0.39, 0.29) is 24.4 Å². The molecule has 2 heterocycles. The van der Waals surface area contributed by atoms with E-state index in [9.17, 15) is 27.6 Å². The van der Waals surface area contributed by atoms with Gasteiger partial charge in [-0.3, -0.25) is 14.4 Å². The predicted octanol–water partition coefficient (Wildman–Crippen LogP) is 3.30. The van der Waals surface area contributed by atoms with Gasteiger partial charge in [0.2, 0.25) is 5.91 Å². The Hall–Kier alpha value is -2.82. The largest absolute Gasteiger partial charge is 0.406 e. The normalized spacial score (nSPS) is 18.5. The Morgan fingerprint density at radius 1 is 1.25 bits per heavy atom. The number of nitrogens with one attached hydrogen (secondary N) is 1. The number of rotatable bonds is 7. The van der Waals surface area contributed by atoms with Crippen LogP contribution < -0.4 is 5.32 Å². The van der Waals surface area contributed by atoms with Gasteiger partial charge in [-0.1, -0.05) is 17.8 Å². The zero-order valence-electron chi connectivity index (χ0n) is 17.2. The number of halogens is 3. The smallest absolute Gasteiger partial charge is 0.351 e. The summed E-state index contributed by atoms with van der Waals surface area (Å²) in [6.07, 6.45) is -1.25. The van der Waals surface area contributed by atoms with Crippen LogP contribution in [0.1, 0.15) is 29.6 Å². The van der Waals surface area contributed by atoms with Crippen LogP contribution in [0.5, 0.6) is 0 Å². The Kier molecular flexibility index (Phi) is 7.60. The molecule has 1 N–H and O–H groups in total. The first-order valence-corrected chi connectivity index (χ1v) is 11.0. The summed E-state index contributed by atoms with van der Waals surface area (Å²) in [5.41, 5.74) is 0.424. The number of anilines is 1. The highest BCUT2D eigenvalue weighted by atomic mass is 32.2. The van der Waals surface area contributed by atoms with Crippen LogP contribution in [-0.4, -0.2) is 70.3 Å². The summed E-state index contributed by atoms with van der Waals surface area (Å²) >= 11 is 1.29. The fourth-order valence-electron chi connectivity index (χ4n) is 3.40. The molecule has 7 nitrogen and oxygen atoms in total. The van der Waals surface area contributed by atoms with Crippen LogP contribution in [0.15, 0.2) is 41.9 Å². The summed E-state index contributed by atoms with van der Waals surface area (Å²) in [5.74, 6) is -1.52. The van der Waals surface area contributed by atoms with Crippen molar-refractivity contribution in [2.75, 3.05) is 31.5 Å². The van der Waals surface area contributed by atoms with Gasteiger partial charge < -0.3 is 15.1 Å². The van der Waals surface area contributed by atoms with Crippen LogP contribution in [0.25, 0.3) is 0 Å². The second-order valence-electron chi connectivity index (χ2n) is 7.45. The SMILES string of the molecule is C=CCN(CC(F)(F)F)C(=O)c1ccc(NC(=O)CC2SC(N3CCCC3)=NC2=O)cc1. The molecule has 2 aliphatic rings. The third-order valence-electron chi connectivity index (χ3n) is 4.90. The highest BCUT2D eigenvalue weighted by Crippen LogP contribution is 2.29. The van der Waals surface area contributed by atoms with E-state index in [0.717, 1.165) is 25.9 Å². The van der Waals surface area contributed by atoms with Gasteiger partial charge in [0.15, 0.2) is 5.17 Å². The van der Waals surface area contributed by atoms with Crippen LogP contribution in [0.4, 0.5) is 18.9 Å². The Balaban J connectivity index is 1.55. The standard InChI is InChI=1S/C21H23F3N4O3S/c1-2-9-28(13-21(22,23)24)19(31)14-5-7-15(8-6-14)25-17(29)12-16-18(30)26-20(32-16)27-10-3-4-11-27/h2,5-8,16H,1,3-4,9-13H2,(H,25,29). The topological polar surface area (TPSA) is 82.1 Å². The fourth-order valence-corrected chi connectivity index (χ4v) is 4.52. The van der Waals surface area contributed by atoms with Crippen molar-refractivity contribution in [3.63, 3.8) is 0 Å². The quantitative estimate of drug-likeness (QED) is 0.621. The van der Waals surface area contributed by atoms with Crippen molar-refractivity contribution in [3.05, 3.63) is 42.5 Å². The van der Waals surface area contributed by atoms with Crippen molar-refractivity contribution in [1.82, 2.24) is 9.80 Å². The predicted molar refractivity (Wildman–Crippen MR) is 116 cm³/mol. The number of nitrogens with zero attached hydrogens (tertiary/aromatic N) is 3. The minimum absolute atomic E-state index is 0.0519. The second-order valence-corrected chi connectivity index (χ2v) is 8.62. The first kappa shape index (κ1) is 23.8. The lowest BCUT2D eigenvalue weighted by Gasteiger charge is -2.22. The molecule has 0 radical (unpaired) electrons. The summed E-state index contributed by atoms with van der Waals surface area (Å²) in [6, 6.07) is 5.55. The van der Waals surface area contributed by atoms with E-state index in [1.165, 1.54) is 42.1 Å². The van der Waals surface area contributed by atoms with Crippen LogP contribution in [0.2, 0.25) is 0 Å². The lowest BCUT2D eigenvalue weighted by Crippen LogP contribution is -2.39. The van der Waals surface area contributed by atoms with Crippen molar-refractivity contribution in [2.24, 2.45) is 4.99 Å². The van der Waals surface area contributed by atoms with Gasteiger partial charge in [0.05, 0.1) is 0 Å². The highest BCUT2D eigenvalue weighted by molar-refractivity contribution is 8.15. The third kappa shape index (κ3) is 6.35. The molecule has 0 bridgehead atoms. The van der Waals surface area contributed by atoms with E-state index in [2.05, 4.69) is 16.9 Å². The Morgan fingerprint density at radius 3 is 2.50 bits per heavy atom. The third-order valence-corrected chi connectivity index (χ3v) is 6.11. The van der Waals surface area contributed by atoms with Crippen LogP contribution in [0.3, 0.4) is 0 Å². The van der Waals surface area contributed by atoms with Crippen molar-refractivity contribution >= 4 is 40.3 Å². The molecule has 172 valence electrons. The summed E-state index contributed by atoms with van der Waals surface area (Å²) in [4.78, 5) is 43.6. The summed E-state index contributed by atoms with van der Waals surface area (Å²) < 4.78 is 38.1. The van der Waals surface area contributed by atoms with Gasteiger partial charge in [0, 0.05) is 37.3 Å². The van der Waals surface area contributed by atoms with E-state index in [1.54, 1.807) is 0 Å². The molecule has 1 saturated heterocycles. The van der Waals surface area contributed by atoms with Crippen molar-refractivity contribution in [3.8, 4) is 0 Å². The molecule has 1 unspecified atom stereocenters. The van der Waals surface area contributed by atoms with E-state index in [4.69, 9.17) is 0 Å². The average Bonchev–Trinajstić information content (AvgIpc) is 3.37. The molecule has 1 fully saturated rings. The number of aliphatic imine (C=N–C) groups is 1. The van der Waals surface area contributed by atoms with Crippen LogP contribution in [0, 0.1) is 0 Å². The lowest BCUT2D eigenvalue weighted by molar-refractivity contribution is -0.139. The molecular weight excluding hydrogens is 445 g/mol. The Morgan fingerprint density at radius 2 is 1.91 bits per heavy atom. The number of carbonyl (C=O) groups is 3.